The molecule has 10 nitrogen and oxygen atoms in total. The third kappa shape index (κ3) is 7.23. The third-order valence-corrected chi connectivity index (χ3v) is 7.42. The van der Waals surface area contributed by atoms with Gasteiger partial charge in [0.1, 0.15) is 18.0 Å². The first kappa shape index (κ1) is 27.8. The zero-order valence-corrected chi connectivity index (χ0v) is 22.5. The monoisotopic (exact) mass is 556 g/mol. The number of anilines is 2. The van der Waals surface area contributed by atoms with E-state index in [0.29, 0.717) is 5.69 Å². The van der Waals surface area contributed by atoms with E-state index in [0.717, 1.165) is 34.1 Å². The van der Waals surface area contributed by atoms with Crippen LogP contribution in [0.4, 0.5) is 25.4 Å². The van der Waals surface area contributed by atoms with Crippen LogP contribution in [0.2, 0.25) is 0 Å². The van der Waals surface area contributed by atoms with Gasteiger partial charge in [0.25, 0.3) is 10.0 Å². The van der Waals surface area contributed by atoms with Gasteiger partial charge in [-0.15, -0.1) is 0 Å². The van der Waals surface area contributed by atoms with E-state index in [9.17, 15) is 22.4 Å². The zero-order chi connectivity index (χ0) is 28.2. The number of alkyl carbamates (subject to hydrolysis) is 1. The van der Waals surface area contributed by atoms with E-state index in [-0.39, 0.29) is 35.8 Å². The topological polar surface area (TPSA) is 127 Å². The molecule has 2 N–H and O–H groups in total. The summed E-state index contributed by atoms with van der Waals surface area (Å²) in [6, 6.07) is 14.3. The molecule has 206 valence electrons. The maximum Gasteiger partial charge on any atom is 0.412 e. The van der Waals surface area contributed by atoms with Gasteiger partial charge in [-0.25, -0.2) is 22.4 Å². The molecule has 1 unspecified atom stereocenters. The Morgan fingerprint density at radius 1 is 1.08 bits per heavy atom. The van der Waals surface area contributed by atoms with Crippen molar-refractivity contribution in [1.82, 2.24) is 10.3 Å². The Bertz CT molecular complexity index is 1440. The lowest BCUT2D eigenvalue weighted by atomic mass is 10.0. The lowest BCUT2D eigenvalue weighted by Crippen LogP contribution is -2.51. The second kappa shape index (κ2) is 11.3. The molecule has 0 saturated carbocycles. The van der Waals surface area contributed by atoms with Gasteiger partial charge < -0.3 is 14.8 Å². The molecule has 0 spiro atoms. The van der Waals surface area contributed by atoms with E-state index in [2.05, 4.69) is 15.6 Å². The number of halogens is 1. The van der Waals surface area contributed by atoms with Crippen LogP contribution >= 0.6 is 0 Å². The number of amides is 2. The molecule has 0 saturated heterocycles. The molecule has 0 fully saturated rings. The highest BCUT2D eigenvalue weighted by Gasteiger charge is 2.36. The molecular weight excluding hydrogens is 527 g/mol. The smallest absolute Gasteiger partial charge is 0.412 e. The molecule has 1 aliphatic rings. The van der Waals surface area contributed by atoms with Crippen LogP contribution in [0.15, 0.2) is 71.8 Å². The van der Waals surface area contributed by atoms with Crippen LogP contribution in [-0.4, -0.2) is 43.8 Å². The van der Waals surface area contributed by atoms with Gasteiger partial charge in [0, 0.05) is 6.42 Å². The fourth-order valence-electron chi connectivity index (χ4n) is 3.93. The summed E-state index contributed by atoms with van der Waals surface area (Å²) in [6.07, 6.45) is 0.146. The normalized spacial score (nSPS) is 15.2. The van der Waals surface area contributed by atoms with Crippen molar-refractivity contribution in [2.45, 2.75) is 50.3 Å². The number of pyridine rings is 1. The van der Waals surface area contributed by atoms with Crippen LogP contribution in [0.3, 0.4) is 0 Å². The molecule has 0 radical (unpaired) electrons. The average Bonchev–Trinajstić information content (AvgIpc) is 2.87. The van der Waals surface area contributed by atoms with E-state index >= 15 is 0 Å². The first-order chi connectivity index (χ1) is 18.4. The van der Waals surface area contributed by atoms with Gasteiger partial charge >= 0.3 is 12.2 Å². The highest BCUT2D eigenvalue weighted by atomic mass is 32.2. The van der Waals surface area contributed by atoms with Gasteiger partial charge in [0.2, 0.25) is 0 Å². The molecular formula is C27H29FN4O6S. The number of carbonyl (C=O) groups is 2. The molecule has 2 aromatic carbocycles. The Labute approximate surface area is 226 Å². The Kier molecular flexibility index (Phi) is 8.05. The third-order valence-electron chi connectivity index (χ3n) is 5.62. The Morgan fingerprint density at radius 3 is 2.44 bits per heavy atom. The minimum absolute atomic E-state index is 0.0497. The summed E-state index contributed by atoms with van der Waals surface area (Å²) in [4.78, 5) is 29.0. The number of ether oxygens (including phenoxy) is 2. The number of benzene rings is 2. The van der Waals surface area contributed by atoms with Crippen molar-refractivity contribution in [2.75, 3.05) is 16.2 Å². The van der Waals surface area contributed by atoms with Gasteiger partial charge in [-0.2, -0.15) is 0 Å². The largest absolute Gasteiger partial charge is 0.444 e. The molecule has 1 aromatic heterocycles. The average molecular weight is 557 g/mol. The van der Waals surface area contributed by atoms with Gasteiger partial charge in [0.05, 0.1) is 40.7 Å². The van der Waals surface area contributed by atoms with Gasteiger partial charge in [0.15, 0.2) is 0 Å². The molecule has 4 rings (SSSR count). The summed E-state index contributed by atoms with van der Waals surface area (Å²) in [5.74, 6) is -0.584. The first-order valence-electron chi connectivity index (χ1n) is 12.2. The highest BCUT2D eigenvalue weighted by molar-refractivity contribution is 7.92. The number of hydrogen-bond acceptors (Lipinski definition) is 7. The molecule has 0 aliphatic carbocycles. The maximum absolute atomic E-state index is 13.6. The zero-order valence-electron chi connectivity index (χ0n) is 21.7. The Balaban J connectivity index is 1.59. The van der Waals surface area contributed by atoms with Crippen molar-refractivity contribution in [1.29, 1.82) is 0 Å². The summed E-state index contributed by atoms with van der Waals surface area (Å²) in [7, 11) is -4.20. The van der Waals surface area contributed by atoms with Crippen molar-refractivity contribution >= 4 is 33.6 Å². The molecule has 1 atom stereocenters. The number of nitrogens with zero attached hydrogens (tertiary/aromatic N) is 2. The van der Waals surface area contributed by atoms with Gasteiger partial charge in [-0.05, 0) is 56.7 Å². The number of hydrogen-bond donors (Lipinski definition) is 2. The van der Waals surface area contributed by atoms with E-state index in [1.165, 1.54) is 12.3 Å². The van der Waals surface area contributed by atoms with Crippen LogP contribution in [-0.2, 0) is 32.5 Å². The molecule has 2 heterocycles. The van der Waals surface area contributed by atoms with Crippen LogP contribution in [0, 0.1) is 5.82 Å². The van der Waals surface area contributed by atoms with Crippen molar-refractivity contribution in [2.24, 2.45) is 0 Å². The standard InChI is InChI=1S/C27H29FN4O6S/c1-27(2,3)38-26(34)31-21-13-23-24(32(16-21)39(35,36)22-11-9-19(28)10-12-22)14-20(15-29-23)30-25(33)37-17-18-7-5-4-6-8-18/h4-12,14-15,21H,13,16-17H2,1-3H3,(H,30,33)(H,31,34). The van der Waals surface area contributed by atoms with Crippen molar-refractivity contribution in [3.05, 3.63) is 83.9 Å². The lowest BCUT2D eigenvalue weighted by Gasteiger charge is -2.35. The Morgan fingerprint density at radius 2 is 1.77 bits per heavy atom. The SMILES string of the molecule is CC(C)(C)OC(=O)NC1Cc2ncc(NC(=O)OCc3ccccc3)cc2N(S(=O)(=O)c2ccc(F)cc2)C1. The fraction of sp³-hybridized carbons (Fsp3) is 0.296. The van der Waals surface area contributed by atoms with Crippen LogP contribution in [0.1, 0.15) is 32.0 Å². The molecule has 0 bridgehead atoms. The number of nitrogens with one attached hydrogen (secondary N) is 2. The van der Waals surface area contributed by atoms with E-state index in [4.69, 9.17) is 9.47 Å². The highest BCUT2D eigenvalue weighted by Crippen LogP contribution is 2.33. The maximum atomic E-state index is 13.6. The fourth-order valence-corrected chi connectivity index (χ4v) is 5.46. The van der Waals surface area contributed by atoms with E-state index < -0.39 is 39.7 Å². The quantitative estimate of drug-likeness (QED) is 0.454. The summed E-state index contributed by atoms with van der Waals surface area (Å²) in [5, 5.41) is 5.27. The summed E-state index contributed by atoms with van der Waals surface area (Å²) < 4.78 is 52.4. The number of sulfonamides is 1. The van der Waals surface area contributed by atoms with Crippen molar-refractivity contribution in [3.63, 3.8) is 0 Å². The Hall–Kier alpha value is -4.19. The van der Waals surface area contributed by atoms with Crippen molar-refractivity contribution < 1.29 is 31.9 Å². The van der Waals surface area contributed by atoms with E-state index in [1.807, 2.05) is 30.3 Å². The summed E-state index contributed by atoms with van der Waals surface area (Å²) in [6.45, 7) is 5.06. The number of fused-ring (bicyclic) bond motifs is 1. The summed E-state index contributed by atoms with van der Waals surface area (Å²) in [5.41, 5.74) is 0.851. The second-order valence-electron chi connectivity index (χ2n) is 9.91. The van der Waals surface area contributed by atoms with Crippen LogP contribution in [0.5, 0.6) is 0 Å². The molecule has 3 aromatic rings. The van der Waals surface area contributed by atoms with Crippen molar-refractivity contribution in [3.8, 4) is 0 Å². The van der Waals surface area contributed by atoms with Crippen LogP contribution in [0.25, 0.3) is 0 Å². The minimum Gasteiger partial charge on any atom is -0.444 e. The molecule has 12 heteroatoms. The van der Waals surface area contributed by atoms with E-state index in [1.54, 1.807) is 20.8 Å². The summed E-state index contributed by atoms with van der Waals surface area (Å²) >= 11 is 0. The van der Waals surface area contributed by atoms with Gasteiger partial charge in [-0.1, -0.05) is 30.3 Å². The van der Waals surface area contributed by atoms with Gasteiger partial charge in [-0.3, -0.25) is 14.6 Å². The van der Waals surface area contributed by atoms with Crippen LogP contribution < -0.4 is 14.9 Å². The lowest BCUT2D eigenvalue weighted by molar-refractivity contribution is 0.0505. The predicted octanol–water partition coefficient (Wildman–Crippen LogP) is 4.61. The molecule has 39 heavy (non-hydrogen) atoms. The minimum atomic E-state index is -4.20. The second-order valence-corrected chi connectivity index (χ2v) is 11.8. The number of aromatic nitrogens is 1. The predicted molar refractivity (Wildman–Crippen MR) is 142 cm³/mol. The molecule has 2 amide bonds. The molecule has 1 aliphatic heterocycles. The number of rotatable bonds is 6. The first-order valence-corrected chi connectivity index (χ1v) is 13.6. The number of carbonyl (C=O) groups excluding carboxylic acids is 2.